The van der Waals surface area contributed by atoms with Crippen LogP contribution in [0.1, 0.15) is 35.3 Å². The standard InChI is InChI=1S/C16H22N2O/c1-12(2)11-18(4)16(19)15-9-5-7-14(13(15)3)8-6-10-17/h5,7,9,12H,10-11,17H2,1-4H3. The van der Waals surface area contributed by atoms with Crippen molar-refractivity contribution in [2.75, 3.05) is 20.1 Å². The first-order valence-corrected chi connectivity index (χ1v) is 6.51. The fraction of sp³-hybridized carbons (Fsp3) is 0.438. The molecular weight excluding hydrogens is 236 g/mol. The van der Waals surface area contributed by atoms with E-state index in [2.05, 4.69) is 25.7 Å². The Kier molecular flexibility index (Phi) is 5.59. The highest BCUT2D eigenvalue weighted by Crippen LogP contribution is 2.15. The molecule has 0 aliphatic carbocycles. The first kappa shape index (κ1) is 15.3. The summed E-state index contributed by atoms with van der Waals surface area (Å²) in [5.74, 6) is 6.32. The van der Waals surface area contributed by atoms with Crippen molar-refractivity contribution < 1.29 is 4.79 Å². The Morgan fingerprint density at radius 3 is 2.68 bits per heavy atom. The first-order chi connectivity index (χ1) is 8.97. The molecule has 3 heteroatoms. The van der Waals surface area contributed by atoms with Crippen molar-refractivity contribution in [3.63, 3.8) is 0 Å². The molecule has 1 aromatic carbocycles. The Balaban J connectivity index is 3.04. The van der Waals surface area contributed by atoms with Gasteiger partial charge in [-0.25, -0.2) is 0 Å². The van der Waals surface area contributed by atoms with E-state index in [-0.39, 0.29) is 5.91 Å². The third kappa shape index (κ3) is 4.11. The van der Waals surface area contributed by atoms with Crippen LogP contribution in [0.4, 0.5) is 0 Å². The fourth-order valence-electron chi connectivity index (χ4n) is 1.99. The van der Waals surface area contributed by atoms with E-state index in [0.717, 1.165) is 17.7 Å². The number of amides is 1. The van der Waals surface area contributed by atoms with Gasteiger partial charge in [-0.2, -0.15) is 0 Å². The molecule has 2 N–H and O–H groups in total. The molecule has 0 aliphatic rings. The minimum absolute atomic E-state index is 0.0441. The lowest BCUT2D eigenvalue weighted by molar-refractivity contribution is 0.0778. The molecule has 1 aromatic rings. The number of carbonyl (C=O) groups is 1. The van der Waals surface area contributed by atoms with E-state index in [9.17, 15) is 4.79 Å². The summed E-state index contributed by atoms with van der Waals surface area (Å²) in [7, 11) is 1.83. The molecule has 0 radical (unpaired) electrons. The zero-order chi connectivity index (χ0) is 14.4. The Hall–Kier alpha value is -1.79. The smallest absolute Gasteiger partial charge is 0.253 e. The Morgan fingerprint density at radius 2 is 2.11 bits per heavy atom. The average Bonchev–Trinajstić information content (AvgIpc) is 2.36. The molecule has 0 aromatic heterocycles. The van der Waals surface area contributed by atoms with Crippen LogP contribution in [-0.4, -0.2) is 30.9 Å². The predicted molar refractivity (Wildman–Crippen MR) is 78.9 cm³/mol. The van der Waals surface area contributed by atoms with Gasteiger partial charge < -0.3 is 10.6 Å². The van der Waals surface area contributed by atoms with Crippen LogP contribution in [0.2, 0.25) is 0 Å². The third-order valence-electron chi connectivity index (χ3n) is 2.88. The van der Waals surface area contributed by atoms with Gasteiger partial charge in [0.25, 0.3) is 5.91 Å². The van der Waals surface area contributed by atoms with Gasteiger partial charge in [-0.1, -0.05) is 31.8 Å². The van der Waals surface area contributed by atoms with Gasteiger partial charge in [0, 0.05) is 24.7 Å². The average molecular weight is 258 g/mol. The largest absolute Gasteiger partial charge is 0.341 e. The summed E-state index contributed by atoms with van der Waals surface area (Å²) in [5, 5.41) is 0. The summed E-state index contributed by atoms with van der Waals surface area (Å²) in [6, 6.07) is 5.63. The summed E-state index contributed by atoms with van der Waals surface area (Å²) >= 11 is 0. The van der Waals surface area contributed by atoms with Gasteiger partial charge in [0.2, 0.25) is 0 Å². The van der Waals surface area contributed by atoms with E-state index in [1.54, 1.807) is 4.90 Å². The van der Waals surface area contributed by atoms with Crippen molar-refractivity contribution in [2.45, 2.75) is 20.8 Å². The third-order valence-corrected chi connectivity index (χ3v) is 2.88. The number of rotatable bonds is 3. The van der Waals surface area contributed by atoms with Crippen LogP contribution in [0.5, 0.6) is 0 Å². The molecule has 0 fully saturated rings. The Labute approximate surface area is 115 Å². The van der Waals surface area contributed by atoms with Crippen LogP contribution in [0.25, 0.3) is 0 Å². The van der Waals surface area contributed by atoms with Crippen molar-refractivity contribution in [3.05, 3.63) is 34.9 Å². The number of nitrogens with two attached hydrogens (primary N) is 1. The molecule has 0 atom stereocenters. The quantitative estimate of drug-likeness (QED) is 0.843. The van der Waals surface area contributed by atoms with Gasteiger partial charge in [-0.3, -0.25) is 4.79 Å². The molecule has 102 valence electrons. The Bertz CT molecular complexity index is 509. The van der Waals surface area contributed by atoms with Crippen molar-refractivity contribution in [1.82, 2.24) is 4.90 Å². The van der Waals surface area contributed by atoms with Crippen molar-refractivity contribution in [2.24, 2.45) is 11.7 Å². The highest BCUT2D eigenvalue weighted by atomic mass is 16.2. The summed E-state index contributed by atoms with van der Waals surface area (Å²) in [6.45, 7) is 7.19. The summed E-state index contributed by atoms with van der Waals surface area (Å²) in [5.41, 5.74) is 7.88. The van der Waals surface area contributed by atoms with Crippen molar-refractivity contribution in [3.8, 4) is 11.8 Å². The lowest BCUT2D eigenvalue weighted by Crippen LogP contribution is -2.30. The highest BCUT2D eigenvalue weighted by molar-refractivity contribution is 5.96. The normalized spacial score (nSPS) is 10.0. The van der Waals surface area contributed by atoms with Gasteiger partial charge in [0.15, 0.2) is 0 Å². The maximum Gasteiger partial charge on any atom is 0.253 e. The van der Waals surface area contributed by atoms with Crippen molar-refractivity contribution >= 4 is 5.91 Å². The second kappa shape index (κ2) is 6.96. The van der Waals surface area contributed by atoms with Crippen LogP contribution in [0, 0.1) is 24.7 Å². The fourth-order valence-corrected chi connectivity index (χ4v) is 1.99. The Morgan fingerprint density at radius 1 is 1.42 bits per heavy atom. The topological polar surface area (TPSA) is 46.3 Å². The SMILES string of the molecule is Cc1c(C#CCN)cccc1C(=O)N(C)CC(C)C. The van der Waals surface area contributed by atoms with Gasteiger partial charge in [-0.15, -0.1) is 0 Å². The van der Waals surface area contributed by atoms with Crippen LogP contribution in [-0.2, 0) is 0 Å². The summed E-state index contributed by atoms with van der Waals surface area (Å²) in [4.78, 5) is 14.1. The molecule has 1 rings (SSSR count). The lowest BCUT2D eigenvalue weighted by Gasteiger charge is -2.20. The van der Waals surface area contributed by atoms with E-state index in [0.29, 0.717) is 18.0 Å². The van der Waals surface area contributed by atoms with Crippen molar-refractivity contribution in [1.29, 1.82) is 0 Å². The van der Waals surface area contributed by atoms with Gasteiger partial charge in [0.1, 0.15) is 0 Å². The van der Waals surface area contributed by atoms with Crippen LogP contribution < -0.4 is 5.73 Å². The predicted octanol–water partition coefficient (Wildman–Crippen LogP) is 2.03. The van der Waals surface area contributed by atoms with Crippen LogP contribution >= 0.6 is 0 Å². The maximum absolute atomic E-state index is 12.4. The molecule has 3 nitrogen and oxygen atoms in total. The molecule has 1 amide bonds. The molecule has 0 aliphatic heterocycles. The summed E-state index contributed by atoms with van der Waals surface area (Å²) in [6.07, 6.45) is 0. The van der Waals surface area contributed by atoms with E-state index in [1.165, 1.54) is 0 Å². The number of benzene rings is 1. The zero-order valence-electron chi connectivity index (χ0n) is 12.2. The second-order valence-electron chi connectivity index (χ2n) is 5.06. The van der Waals surface area contributed by atoms with Gasteiger partial charge >= 0.3 is 0 Å². The van der Waals surface area contributed by atoms with E-state index in [4.69, 9.17) is 5.73 Å². The molecule has 19 heavy (non-hydrogen) atoms. The molecule has 0 saturated carbocycles. The number of carbonyl (C=O) groups excluding carboxylic acids is 1. The lowest BCUT2D eigenvalue weighted by atomic mass is 10.0. The monoisotopic (exact) mass is 258 g/mol. The van der Waals surface area contributed by atoms with E-state index < -0.39 is 0 Å². The zero-order valence-corrected chi connectivity index (χ0v) is 12.2. The van der Waals surface area contributed by atoms with Gasteiger partial charge in [-0.05, 0) is 30.5 Å². The molecular formula is C16H22N2O. The molecule has 0 bridgehead atoms. The minimum Gasteiger partial charge on any atom is -0.341 e. The summed E-state index contributed by atoms with van der Waals surface area (Å²) < 4.78 is 0. The van der Waals surface area contributed by atoms with Crippen LogP contribution in [0.15, 0.2) is 18.2 Å². The maximum atomic E-state index is 12.4. The van der Waals surface area contributed by atoms with E-state index in [1.807, 2.05) is 32.2 Å². The molecule has 0 spiro atoms. The molecule has 0 saturated heterocycles. The molecule has 0 heterocycles. The highest BCUT2D eigenvalue weighted by Gasteiger charge is 2.15. The first-order valence-electron chi connectivity index (χ1n) is 6.51. The van der Waals surface area contributed by atoms with Gasteiger partial charge in [0.05, 0.1) is 6.54 Å². The number of hydrogen-bond donors (Lipinski definition) is 1. The number of hydrogen-bond acceptors (Lipinski definition) is 2. The van der Waals surface area contributed by atoms with E-state index >= 15 is 0 Å². The van der Waals surface area contributed by atoms with Crippen LogP contribution in [0.3, 0.4) is 0 Å². The minimum atomic E-state index is 0.0441. The molecule has 0 unspecified atom stereocenters. The number of nitrogens with zero attached hydrogens (tertiary/aromatic N) is 1. The second-order valence-corrected chi connectivity index (χ2v) is 5.06.